The van der Waals surface area contributed by atoms with Crippen molar-refractivity contribution in [2.45, 2.75) is 38.1 Å². The number of hydrogen-bond acceptors (Lipinski definition) is 2. The first-order chi connectivity index (χ1) is 8.84. The van der Waals surface area contributed by atoms with Crippen molar-refractivity contribution >= 4 is 6.03 Å². The molecule has 0 unspecified atom stereocenters. The molecule has 1 fully saturated rings. The predicted octanol–water partition coefficient (Wildman–Crippen LogP) is 2.65. The summed E-state index contributed by atoms with van der Waals surface area (Å²) in [6.07, 6.45) is 5.90. The summed E-state index contributed by atoms with van der Waals surface area (Å²) in [6.45, 7) is 0.197. The predicted molar refractivity (Wildman–Crippen MR) is 70.5 cm³/mol. The molecule has 98 valence electrons. The molecular weight excluding hydrogens is 228 g/mol. The molecule has 4 nitrogen and oxygen atoms in total. The van der Waals surface area contributed by atoms with Gasteiger partial charge in [-0.3, -0.25) is 0 Å². The molecular formula is C14H20N2O2. The lowest BCUT2D eigenvalue weighted by Gasteiger charge is -2.22. The van der Waals surface area contributed by atoms with Crippen LogP contribution in [0.4, 0.5) is 4.79 Å². The standard InChI is InChI=1S/C14H20N2O2/c17-14(16-12-7-3-1-4-8-12)15-11-18-13-9-5-2-6-10-13/h2,5-6,9-10,12H,1,3-4,7-8,11H2,(H2,15,16,17). The van der Waals surface area contributed by atoms with Gasteiger partial charge >= 0.3 is 6.03 Å². The van der Waals surface area contributed by atoms with E-state index in [9.17, 15) is 4.79 Å². The third-order valence-corrected chi connectivity index (χ3v) is 3.16. The Labute approximate surface area is 108 Å². The fourth-order valence-corrected chi connectivity index (χ4v) is 2.19. The summed E-state index contributed by atoms with van der Waals surface area (Å²) in [5.41, 5.74) is 0. The number of para-hydroxylation sites is 1. The van der Waals surface area contributed by atoms with E-state index in [0.29, 0.717) is 6.04 Å². The van der Waals surface area contributed by atoms with E-state index in [-0.39, 0.29) is 12.8 Å². The Hall–Kier alpha value is -1.71. The van der Waals surface area contributed by atoms with Crippen LogP contribution in [0.25, 0.3) is 0 Å². The molecule has 0 saturated heterocycles. The van der Waals surface area contributed by atoms with Gasteiger partial charge in [-0.15, -0.1) is 0 Å². The molecule has 2 rings (SSSR count). The van der Waals surface area contributed by atoms with Gasteiger partial charge in [0.1, 0.15) is 5.75 Å². The third-order valence-electron chi connectivity index (χ3n) is 3.16. The van der Waals surface area contributed by atoms with Gasteiger partial charge in [-0.25, -0.2) is 4.79 Å². The van der Waals surface area contributed by atoms with E-state index in [1.807, 2.05) is 30.3 Å². The summed E-state index contributed by atoms with van der Waals surface area (Å²) < 4.78 is 5.39. The summed E-state index contributed by atoms with van der Waals surface area (Å²) >= 11 is 0. The van der Waals surface area contributed by atoms with Crippen molar-refractivity contribution in [3.05, 3.63) is 30.3 Å². The molecule has 0 radical (unpaired) electrons. The Morgan fingerprint density at radius 1 is 1.17 bits per heavy atom. The molecule has 0 aromatic heterocycles. The summed E-state index contributed by atoms with van der Waals surface area (Å²) in [6, 6.07) is 9.64. The maximum absolute atomic E-state index is 11.6. The zero-order chi connectivity index (χ0) is 12.6. The van der Waals surface area contributed by atoms with Gasteiger partial charge < -0.3 is 15.4 Å². The van der Waals surface area contributed by atoms with Crippen LogP contribution in [-0.4, -0.2) is 18.8 Å². The average Bonchev–Trinajstić information content (AvgIpc) is 2.41. The number of urea groups is 1. The Kier molecular flexibility index (Phi) is 4.88. The number of rotatable bonds is 4. The number of ether oxygens (including phenoxy) is 1. The molecule has 0 aliphatic heterocycles. The lowest BCUT2D eigenvalue weighted by atomic mass is 9.96. The minimum atomic E-state index is -0.141. The minimum absolute atomic E-state index is 0.141. The monoisotopic (exact) mass is 248 g/mol. The SMILES string of the molecule is O=C(NCOc1ccccc1)NC1CCCCC1. The quantitative estimate of drug-likeness (QED) is 0.805. The lowest BCUT2D eigenvalue weighted by Crippen LogP contribution is -2.44. The number of benzene rings is 1. The van der Waals surface area contributed by atoms with Gasteiger partial charge in [0.05, 0.1) is 0 Å². The first kappa shape index (κ1) is 12.7. The molecule has 0 heterocycles. The van der Waals surface area contributed by atoms with Crippen LogP contribution in [0.1, 0.15) is 32.1 Å². The highest BCUT2D eigenvalue weighted by Gasteiger charge is 2.15. The highest BCUT2D eigenvalue weighted by atomic mass is 16.5. The van der Waals surface area contributed by atoms with E-state index in [4.69, 9.17) is 4.74 Å². The molecule has 0 atom stereocenters. The number of carbonyl (C=O) groups is 1. The third kappa shape index (κ3) is 4.28. The fraction of sp³-hybridized carbons (Fsp3) is 0.500. The average molecular weight is 248 g/mol. The highest BCUT2D eigenvalue weighted by molar-refractivity contribution is 5.74. The molecule has 2 amide bonds. The molecule has 1 aliphatic rings. The minimum Gasteiger partial charge on any atom is -0.473 e. The second-order valence-corrected chi connectivity index (χ2v) is 4.59. The first-order valence-electron chi connectivity index (χ1n) is 6.57. The fourth-order valence-electron chi connectivity index (χ4n) is 2.19. The normalized spacial score (nSPS) is 16.0. The van der Waals surface area contributed by atoms with Gasteiger partial charge in [0.2, 0.25) is 0 Å². The Balaban J connectivity index is 1.62. The molecule has 1 aromatic rings. The van der Waals surface area contributed by atoms with Crippen LogP contribution in [0.2, 0.25) is 0 Å². The van der Waals surface area contributed by atoms with Crippen molar-refractivity contribution in [3.63, 3.8) is 0 Å². The van der Waals surface area contributed by atoms with Crippen LogP contribution in [-0.2, 0) is 0 Å². The number of amides is 2. The van der Waals surface area contributed by atoms with Crippen LogP contribution < -0.4 is 15.4 Å². The molecule has 2 N–H and O–H groups in total. The van der Waals surface area contributed by atoms with Gasteiger partial charge in [-0.2, -0.15) is 0 Å². The van der Waals surface area contributed by atoms with Gasteiger partial charge in [-0.05, 0) is 25.0 Å². The van der Waals surface area contributed by atoms with Crippen LogP contribution in [0.5, 0.6) is 5.75 Å². The van der Waals surface area contributed by atoms with E-state index >= 15 is 0 Å². The Morgan fingerprint density at radius 3 is 2.61 bits per heavy atom. The van der Waals surface area contributed by atoms with Gasteiger partial charge in [-0.1, -0.05) is 37.5 Å². The molecule has 0 spiro atoms. The summed E-state index contributed by atoms with van der Waals surface area (Å²) in [5, 5.41) is 5.68. The Bertz CT molecular complexity index is 361. The van der Waals surface area contributed by atoms with Crippen LogP contribution in [0, 0.1) is 0 Å². The second-order valence-electron chi connectivity index (χ2n) is 4.59. The van der Waals surface area contributed by atoms with Gasteiger partial charge in [0.15, 0.2) is 6.73 Å². The first-order valence-corrected chi connectivity index (χ1v) is 6.57. The number of hydrogen-bond donors (Lipinski definition) is 2. The van der Waals surface area contributed by atoms with E-state index in [0.717, 1.165) is 18.6 Å². The van der Waals surface area contributed by atoms with Crippen LogP contribution in [0.3, 0.4) is 0 Å². The van der Waals surface area contributed by atoms with E-state index in [1.54, 1.807) is 0 Å². The Morgan fingerprint density at radius 2 is 1.89 bits per heavy atom. The molecule has 1 aromatic carbocycles. The summed E-state index contributed by atoms with van der Waals surface area (Å²) in [4.78, 5) is 11.6. The van der Waals surface area contributed by atoms with Crippen molar-refractivity contribution in [2.75, 3.05) is 6.73 Å². The van der Waals surface area contributed by atoms with Crippen molar-refractivity contribution in [1.82, 2.24) is 10.6 Å². The number of nitrogens with one attached hydrogen (secondary N) is 2. The van der Waals surface area contributed by atoms with E-state index in [2.05, 4.69) is 10.6 Å². The van der Waals surface area contributed by atoms with E-state index < -0.39 is 0 Å². The van der Waals surface area contributed by atoms with Crippen molar-refractivity contribution in [2.24, 2.45) is 0 Å². The van der Waals surface area contributed by atoms with Crippen LogP contribution in [0.15, 0.2) is 30.3 Å². The molecule has 4 heteroatoms. The molecule has 1 saturated carbocycles. The smallest absolute Gasteiger partial charge is 0.317 e. The summed E-state index contributed by atoms with van der Waals surface area (Å²) in [5.74, 6) is 0.760. The molecule has 18 heavy (non-hydrogen) atoms. The molecule has 1 aliphatic carbocycles. The number of carbonyl (C=O) groups excluding carboxylic acids is 1. The van der Waals surface area contributed by atoms with Crippen LogP contribution >= 0.6 is 0 Å². The largest absolute Gasteiger partial charge is 0.473 e. The van der Waals surface area contributed by atoms with Gasteiger partial charge in [0, 0.05) is 6.04 Å². The topological polar surface area (TPSA) is 50.4 Å². The van der Waals surface area contributed by atoms with Gasteiger partial charge in [0.25, 0.3) is 0 Å². The van der Waals surface area contributed by atoms with E-state index in [1.165, 1.54) is 19.3 Å². The molecule has 0 bridgehead atoms. The maximum Gasteiger partial charge on any atom is 0.317 e. The lowest BCUT2D eigenvalue weighted by molar-refractivity contribution is 0.217. The summed E-state index contributed by atoms with van der Waals surface area (Å²) in [7, 11) is 0. The maximum atomic E-state index is 11.6. The van der Waals surface area contributed by atoms with Crippen molar-refractivity contribution in [1.29, 1.82) is 0 Å². The zero-order valence-electron chi connectivity index (χ0n) is 10.5. The highest BCUT2D eigenvalue weighted by Crippen LogP contribution is 2.17. The van der Waals surface area contributed by atoms with Crippen molar-refractivity contribution in [3.8, 4) is 5.75 Å². The van der Waals surface area contributed by atoms with Crippen molar-refractivity contribution < 1.29 is 9.53 Å². The zero-order valence-corrected chi connectivity index (χ0v) is 10.5. The second kappa shape index (κ2) is 6.89.